The second-order valence-corrected chi connectivity index (χ2v) is 5.05. The van der Waals surface area contributed by atoms with Crippen LogP contribution in [0, 0.1) is 11.8 Å². The van der Waals surface area contributed by atoms with E-state index in [9.17, 15) is 0 Å². The first-order valence-electron chi connectivity index (χ1n) is 6.26. The number of nitrogens with one attached hydrogen (secondary N) is 1. The van der Waals surface area contributed by atoms with Gasteiger partial charge in [-0.05, 0) is 44.1 Å². The summed E-state index contributed by atoms with van der Waals surface area (Å²) < 4.78 is 0. The van der Waals surface area contributed by atoms with Crippen LogP contribution in [0.5, 0.6) is 0 Å². The maximum Gasteiger partial charge on any atom is 0.0250 e. The first-order chi connectivity index (χ1) is 6.86. The van der Waals surface area contributed by atoms with E-state index in [1.165, 1.54) is 45.1 Å². The molecule has 0 aliphatic heterocycles. The van der Waals surface area contributed by atoms with E-state index in [1.54, 1.807) is 0 Å². The van der Waals surface area contributed by atoms with Crippen LogP contribution in [0.2, 0.25) is 0 Å². The van der Waals surface area contributed by atoms with Gasteiger partial charge in [0.25, 0.3) is 0 Å². The predicted molar refractivity (Wildman–Crippen MR) is 61.3 cm³/mol. The van der Waals surface area contributed by atoms with Gasteiger partial charge in [-0.3, -0.25) is 0 Å². The van der Waals surface area contributed by atoms with Gasteiger partial charge >= 0.3 is 0 Å². The van der Waals surface area contributed by atoms with Gasteiger partial charge in [0, 0.05) is 6.04 Å². The molecule has 0 aromatic rings. The predicted octanol–water partition coefficient (Wildman–Crippen LogP) is 3.12. The molecule has 1 fully saturated rings. The van der Waals surface area contributed by atoms with Crippen LogP contribution in [-0.4, -0.2) is 12.6 Å². The lowest BCUT2D eigenvalue weighted by Gasteiger charge is -2.16. The number of hydrogen-bond donors (Lipinski definition) is 1. The quantitative estimate of drug-likeness (QED) is 0.679. The van der Waals surface area contributed by atoms with Crippen molar-refractivity contribution in [1.82, 2.24) is 5.32 Å². The van der Waals surface area contributed by atoms with Gasteiger partial charge in [0.1, 0.15) is 0 Å². The van der Waals surface area contributed by atoms with E-state index in [0.29, 0.717) is 6.04 Å². The average Bonchev–Trinajstić information content (AvgIpc) is 2.80. The first-order valence-corrected chi connectivity index (χ1v) is 6.26. The molecule has 0 bridgehead atoms. The van der Waals surface area contributed by atoms with Gasteiger partial charge in [-0.25, -0.2) is 0 Å². The van der Waals surface area contributed by atoms with Crippen molar-refractivity contribution in [2.45, 2.75) is 51.5 Å². The summed E-state index contributed by atoms with van der Waals surface area (Å²) in [6.07, 6.45) is 13.1. The highest BCUT2D eigenvalue weighted by molar-refractivity contribution is 4.96. The highest BCUT2D eigenvalue weighted by Gasteiger charge is 2.32. The Balaban J connectivity index is 1.69. The first kappa shape index (κ1) is 10.2. The molecule has 1 heteroatoms. The summed E-state index contributed by atoms with van der Waals surface area (Å²) in [6, 6.07) is 0.670. The van der Waals surface area contributed by atoms with Crippen LogP contribution in [-0.2, 0) is 0 Å². The summed E-state index contributed by atoms with van der Waals surface area (Å²) >= 11 is 0. The zero-order valence-corrected chi connectivity index (χ0v) is 9.34. The molecule has 0 aromatic heterocycles. The molecular formula is C13H23N. The van der Waals surface area contributed by atoms with Crippen molar-refractivity contribution in [2.24, 2.45) is 11.8 Å². The van der Waals surface area contributed by atoms with E-state index in [1.807, 2.05) is 0 Å². The van der Waals surface area contributed by atoms with Gasteiger partial charge in [0.15, 0.2) is 0 Å². The summed E-state index contributed by atoms with van der Waals surface area (Å²) in [6.45, 7) is 3.61. The van der Waals surface area contributed by atoms with E-state index in [0.717, 1.165) is 11.8 Å². The molecule has 3 atom stereocenters. The van der Waals surface area contributed by atoms with Crippen molar-refractivity contribution in [3.63, 3.8) is 0 Å². The average molecular weight is 193 g/mol. The molecule has 14 heavy (non-hydrogen) atoms. The van der Waals surface area contributed by atoms with Crippen molar-refractivity contribution < 1.29 is 0 Å². The second-order valence-electron chi connectivity index (χ2n) is 5.05. The molecule has 80 valence electrons. The summed E-state index contributed by atoms with van der Waals surface area (Å²) in [5.74, 6) is 1.97. The number of rotatable bonds is 3. The van der Waals surface area contributed by atoms with Crippen molar-refractivity contribution >= 4 is 0 Å². The summed E-state index contributed by atoms with van der Waals surface area (Å²) in [7, 11) is 0. The molecule has 2 aliphatic carbocycles. The minimum absolute atomic E-state index is 0.670. The lowest BCUT2D eigenvalue weighted by molar-refractivity contribution is 0.491. The van der Waals surface area contributed by atoms with Gasteiger partial charge < -0.3 is 5.32 Å². The van der Waals surface area contributed by atoms with Gasteiger partial charge in [0.05, 0.1) is 0 Å². The molecule has 0 amide bonds. The molecule has 0 radical (unpaired) electrons. The highest BCUT2D eigenvalue weighted by atomic mass is 14.9. The summed E-state index contributed by atoms with van der Waals surface area (Å²) in [5, 5.41) is 3.69. The third-order valence-electron chi connectivity index (χ3n) is 3.67. The molecule has 1 saturated carbocycles. The lowest BCUT2D eigenvalue weighted by Crippen LogP contribution is -2.29. The Morgan fingerprint density at radius 1 is 1.29 bits per heavy atom. The molecule has 3 unspecified atom stereocenters. The van der Waals surface area contributed by atoms with Crippen molar-refractivity contribution in [2.75, 3.05) is 6.54 Å². The summed E-state index contributed by atoms with van der Waals surface area (Å²) in [5.41, 5.74) is 0. The fourth-order valence-electron chi connectivity index (χ4n) is 2.32. The zero-order chi connectivity index (χ0) is 9.80. The van der Waals surface area contributed by atoms with Crippen LogP contribution in [0.4, 0.5) is 0 Å². The molecule has 2 aliphatic rings. The minimum Gasteiger partial charge on any atom is -0.310 e. The van der Waals surface area contributed by atoms with Crippen LogP contribution in [0.1, 0.15) is 45.4 Å². The van der Waals surface area contributed by atoms with Gasteiger partial charge in [-0.1, -0.05) is 31.9 Å². The van der Waals surface area contributed by atoms with E-state index < -0.39 is 0 Å². The van der Waals surface area contributed by atoms with Crippen LogP contribution in [0.3, 0.4) is 0 Å². The Bertz CT molecular complexity index is 197. The Kier molecular flexibility index (Phi) is 3.63. The monoisotopic (exact) mass is 193 g/mol. The number of hydrogen-bond acceptors (Lipinski definition) is 1. The van der Waals surface area contributed by atoms with E-state index in [4.69, 9.17) is 0 Å². The summed E-state index contributed by atoms with van der Waals surface area (Å²) in [4.78, 5) is 0. The van der Waals surface area contributed by atoms with Crippen molar-refractivity contribution in [3.05, 3.63) is 12.2 Å². The molecule has 1 nitrogen and oxygen atoms in total. The molecule has 0 spiro atoms. The van der Waals surface area contributed by atoms with Crippen LogP contribution in [0.25, 0.3) is 0 Å². The third kappa shape index (κ3) is 3.13. The Hall–Kier alpha value is -0.300. The van der Waals surface area contributed by atoms with Crippen LogP contribution < -0.4 is 5.32 Å². The molecule has 0 saturated heterocycles. The molecule has 2 rings (SSSR count). The second kappa shape index (κ2) is 4.97. The molecule has 0 heterocycles. The topological polar surface area (TPSA) is 12.0 Å². The third-order valence-corrected chi connectivity index (χ3v) is 3.67. The molecule has 0 aromatic carbocycles. The fourth-order valence-corrected chi connectivity index (χ4v) is 2.32. The van der Waals surface area contributed by atoms with E-state index >= 15 is 0 Å². The Labute approximate surface area is 88.0 Å². The van der Waals surface area contributed by atoms with Gasteiger partial charge in [0.2, 0.25) is 0 Å². The van der Waals surface area contributed by atoms with Gasteiger partial charge in [-0.15, -0.1) is 0 Å². The maximum absolute atomic E-state index is 3.69. The minimum atomic E-state index is 0.670. The fraction of sp³-hybridized carbons (Fsp3) is 0.846. The van der Waals surface area contributed by atoms with E-state index in [2.05, 4.69) is 24.4 Å². The maximum atomic E-state index is 3.69. The van der Waals surface area contributed by atoms with Crippen LogP contribution >= 0.6 is 0 Å². The highest BCUT2D eigenvalue weighted by Crippen LogP contribution is 2.36. The normalized spacial score (nSPS) is 39.9. The lowest BCUT2D eigenvalue weighted by atomic mass is 10.0. The smallest absolute Gasteiger partial charge is 0.0250 e. The molecular weight excluding hydrogens is 170 g/mol. The Morgan fingerprint density at radius 3 is 2.93 bits per heavy atom. The standard InChI is InChI=1S/C13H23N/c1-11-9-12(11)10-14-13-7-5-3-2-4-6-8-13/h5,7,11-14H,2-4,6,8-10H2,1H3/b7-5-. The van der Waals surface area contributed by atoms with Gasteiger partial charge in [-0.2, -0.15) is 0 Å². The number of allylic oxidation sites excluding steroid dienone is 1. The largest absolute Gasteiger partial charge is 0.310 e. The molecule has 1 N–H and O–H groups in total. The van der Waals surface area contributed by atoms with Crippen LogP contribution in [0.15, 0.2) is 12.2 Å². The van der Waals surface area contributed by atoms with Crippen molar-refractivity contribution in [3.8, 4) is 0 Å². The van der Waals surface area contributed by atoms with E-state index in [-0.39, 0.29) is 0 Å². The Morgan fingerprint density at radius 2 is 2.14 bits per heavy atom. The SMILES string of the molecule is CC1CC1CNC1/C=C\CCCCC1. The zero-order valence-electron chi connectivity index (χ0n) is 9.34. The van der Waals surface area contributed by atoms with Crippen molar-refractivity contribution in [1.29, 1.82) is 0 Å².